The molecule has 0 N–H and O–H groups in total. The molecule has 0 aromatic heterocycles. The number of ketones is 1. The van der Waals surface area contributed by atoms with E-state index < -0.39 is 35.6 Å². The first kappa shape index (κ1) is 15.9. The molecule has 0 amide bonds. The van der Waals surface area contributed by atoms with Crippen LogP contribution in [0, 0.1) is 11.6 Å². The number of benzene rings is 2. The first-order valence-electron chi connectivity index (χ1n) is 7.09. The Morgan fingerprint density at radius 1 is 1.00 bits per heavy atom. The van der Waals surface area contributed by atoms with Crippen molar-refractivity contribution in [2.24, 2.45) is 0 Å². The third-order valence-corrected chi connectivity index (χ3v) is 3.35. The first-order valence-corrected chi connectivity index (χ1v) is 7.09. The van der Waals surface area contributed by atoms with Crippen LogP contribution in [0.4, 0.5) is 8.78 Å². The minimum atomic E-state index is -1.05. The molecule has 3 rings (SSSR count). The number of hydrogen-bond donors (Lipinski definition) is 0. The largest absolute Gasteiger partial charge is 0.486 e. The maximum atomic E-state index is 13.5. The van der Waals surface area contributed by atoms with E-state index in [2.05, 4.69) is 0 Å². The fourth-order valence-corrected chi connectivity index (χ4v) is 2.16. The summed E-state index contributed by atoms with van der Waals surface area (Å²) in [6.45, 7) is 0.236. The summed E-state index contributed by atoms with van der Waals surface area (Å²) >= 11 is 0. The molecule has 0 saturated carbocycles. The zero-order valence-corrected chi connectivity index (χ0v) is 12.4. The molecule has 7 heteroatoms. The maximum Gasteiger partial charge on any atom is 0.341 e. The van der Waals surface area contributed by atoms with Gasteiger partial charge in [-0.1, -0.05) is 0 Å². The van der Waals surface area contributed by atoms with Crippen molar-refractivity contribution < 1.29 is 32.6 Å². The second-order valence-corrected chi connectivity index (χ2v) is 4.98. The van der Waals surface area contributed by atoms with Crippen molar-refractivity contribution in [3.8, 4) is 11.5 Å². The predicted molar refractivity (Wildman–Crippen MR) is 78.4 cm³/mol. The zero-order valence-electron chi connectivity index (χ0n) is 12.4. The molecule has 5 nitrogen and oxygen atoms in total. The molecule has 0 aliphatic carbocycles. The van der Waals surface area contributed by atoms with Crippen LogP contribution in [0.3, 0.4) is 0 Å². The lowest BCUT2D eigenvalue weighted by Crippen LogP contribution is -2.17. The van der Waals surface area contributed by atoms with Crippen molar-refractivity contribution in [1.82, 2.24) is 0 Å². The topological polar surface area (TPSA) is 61.8 Å². The van der Waals surface area contributed by atoms with E-state index in [0.29, 0.717) is 30.8 Å². The van der Waals surface area contributed by atoms with Crippen molar-refractivity contribution in [2.45, 2.75) is 0 Å². The highest BCUT2D eigenvalue weighted by Crippen LogP contribution is 2.30. The minimum absolute atomic E-state index is 0.270. The summed E-state index contributed by atoms with van der Waals surface area (Å²) in [5.74, 6) is -2.42. The Morgan fingerprint density at radius 2 is 1.75 bits per heavy atom. The number of halogens is 2. The molecule has 24 heavy (non-hydrogen) atoms. The lowest BCUT2D eigenvalue weighted by atomic mass is 10.1. The molecule has 0 unspecified atom stereocenters. The second-order valence-electron chi connectivity index (χ2n) is 4.98. The third kappa shape index (κ3) is 3.34. The van der Waals surface area contributed by atoms with Gasteiger partial charge >= 0.3 is 5.97 Å². The molecule has 0 fully saturated rings. The van der Waals surface area contributed by atoms with Gasteiger partial charge in [0.05, 0.1) is 5.56 Å². The minimum Gasteiger partial charge on any atom is -0.486 e. The predicted octanol–water partition coefficient (Wildman–Crippen LogP) is 2.78. The van der Waals surface area contributed by atoms with E-state index in [4.69, 9.17) is 14.2 Å². The summed E-state index contributed by atoms with van der Waals surface area (Å²) in [4.78, 5) is 23.8. The van der Waals surface area contributed by atoms with Crippen LogP contribution in [0.5, 0.6) is 11.5 Å². The van der Waals surface area contributed by atoms with Crippen LogP contribution < -0.4 is 9.47 Å². The quantitative estimate of drug-likeness (QED) is 0.635. The summed E-state index contributed by atoms with van der Waals surface area (Å²) < 4.78 is 41.8. The van der Waals surface area contributed by atoms with Crippen LogP contribution in [0.1, 0.15) is 20.7 Å². The Kier molecular flexibility index (Phi) is 4.41. The van der Waals surface area contributed by atoms with Crippen LogP contribution in [0.2, 0.25) is 0 Å². The van der Waals surface area contributed by atoms with Gasteiger partial charge in [0.1, 0.15) is 24.8 Å². The van der Waals surface area contributed by atoms with E-state index in [1.54, 1.807) is 6.07 Å². The van der Waals surface area contributed by atoms with Gasteiger partial charge in [-0.15, -0.1) is 0 Å². The van der Waals surface area contributed by atoms with E-state index in [0.717, 1.165) is 12.1 Å². The summed E-state index contributed by atoms with van der Waals surface area (Å²) in [6, 6.07) is 7.05. The number of rotatable bonds is 4. The van der Waals surface area contributed by atoms with Crippen LogP contribution in [-0.4, -0.2) is 31.6 Å². The highest BCUT2D eigenvalue weighted by molar-refractivity contribution is 5.99. The van der Waals surface area contributed by atoms with E-state index in [1.807, 2.05) is 0 Å². The van der Waals surface area contributed by atoms with Gasteiger partial charge in [-0.3, -0.25) is 4.79 Å². The molecule has 1 heterocycles. The molecular weight excluding hydrogens is 322 g/mol. The van der Waals surface area contributed by atoms with Gasteiger partial charge in [0, 0.05) is 11.6 Å². The Bertz CT molecular complexity index is 804. The number of carbonyl (C=O) groups is 2. The fourth-order valence-electron chi connectivity index (χ4n) is 2.16. The summed E-state index contributed by atoms with van der Waals surface area (Å²) in [6.07, 6.45) is 0. The third-order valence-electron chi connectivity index (χ3n) is 3.35. The SMILES string of the molecule is O=C(COC(=O)c1ccc(F)cc1F)c1ccc2c(c1)OCCO2. The second kappa shape index (κ2) is 6.66. The van der Waals surface area contributed by atoms with Gasteiger partial charge in [-0.25, -0.2) is 13.6 Å². The van der Waals surface area contributed by atoms with Crippen molar-refractivity contribution in [3.05, 3.63) is 59.2 Å². The van der Waals surface area contributed by atoms with Crippen LogP contribution in [0.15, 0.2) is 36.4 Å². The number of carbonyl (C=O) groups excluding carboxylic acids is 2. The lowest BCUT2D eigenvalue weighted by molar-refractivity contribution is 0.0470. The normalized spacial score (nSPS) is 12.6. The van der Waals surface area contributed by atoms with Crippen molar-refractivity contribution in [1.29, 1.82) is 0 Å². The molecule has 124 valence electrons. The molecule has 1 aliphatic rings. The Balaban J connectivity index is 1.66. The smallest absolute Gasteiger partial charge is 0.341 e. The van der Waals surface area contributed by atoms with Crippen LogP contribution in [-0.2, 0) is 4.74 Å². The fraction of sp³-hybridized carbons (Fsp3) is 0.176. The number of ether oxygens (including phenoxy) is 3. The monoisotopic (exact) mass is 334 g/mol. The van der Waals surface area contributed by atoms with E-state index in [-0.39, 0.29) is 5.56 Å². The van der Waals surface area contributed by atoms with Crippen molar-refractivity contribution in [3.63, 3.8) is 0 Å². The molecule has 0 spiro atoms. The zero-order chi connectivity index (χ0) is 17.1. The lowest BCUT2D eigenvalue weighted by Gasteiger charge is -2.18. The van der Waals surface area contributed by atoms with Gasteiger partial charge in [0.25, 0.3) is 0 Å². The van der Waals surface area contributed by atoms with Crippen LogP contribution in [0.25, 0.3) is 0 Å². The number of fused-ring (bicyclic) bond motifs is 1. The van der Waals surface area contributed by atoms with E-state index in [9.17, 15) is 18.4 Å². The van der Waals surface area contributed by atoms with E-state index >= 15 is 0 Å². The molecule has 0 saturated heterocycles. The molecule has 0 radical (unpaired) electrons. The molecule has 2 aromatic rings. The molecule has 1 aliphatic heterocycles. The molecular formula is C17H12F2O5. The number of esters is 1. The molecule has 0 bridgehead atoms. The van der Waals surface area contributed by atoms with E-state index in [1.165, 1.54) is 12.1 Å². The summed E-state index contributed by atoms with van der Waals surface area (Å²) in [5, 5.41) is 0. The summed E-state index contributed by atoms with van der Waals surface area (Å²) in [7, 11) is 0. The average Bonchev–Trinajstić information content (AvgIpc) is 2.59. The Labute approximate surface area is 135 Å². The highest BCUT2D eigenvalue weighted by atomic mass is 19.1. The van der Waals surface area contributed by atoms with Gasteiger partial charge in [-0.05, 0) is 30.3 Å². The van der Waals surface area contributed by atoms with Gasteiger partial charge in [-0.2, -0.15) is 0 Å². The number of hydrogen-bond acceptors (Lipinski definition) is 5. The highest BCUT2D eigenvalue weighted by Gasteiger charge is 2.18. The van der Waals surface area contributed by atoms with Gasteiger partial charge in [0.2, 0.25) is 0 Å². The van der Waals surface area contributed by atoms with Gasteiger partial charge < -0.3 is 14.2 Å². The summed E-state index contributed by atoms with van der Waals surface area (Å²) in [5.41, 5.74) is -0.169. The maximum absolute atomic E-state index is 13.5. The molecule has 2 aromatic carbocycles. The Hall–Kier alpha value is -2.96. The average molecular weight is 334 g/mol. The first-order chi connectivity index (χ1) is 11.5. The number of Topliss-reactive ketones (excluding diaryl/α,β-unsaturated/α-hetero) is 1. The van der Waals surface area contributed by atoms with Crippen molar-refractivity contribution in [2.75, 3.05) is 19.8 Å². The molecule has 0 atom stereocenters. The van der Waals surface area contributed by atoms with Gasteiger partial charge in [0.15, 0.2) is 23.9 Å². The van der Waals surface area contributed by atoms with Crippen molar-refractivity contribution >= 4 is 11.8 Å². The standard InChI is InChI=1S/C17H12F2O5/c18-11-2-3-12(13(19)8-11)17(21)24-9-14(20)10-1-4-15-16(7-10)23-6-5-22-15/h1-4,7-8H,5-6,9H2. The Morgan fingerprint density at radius 3 is 2.50 bits per heavy atom. The van der Waals surface area contributed by atoms with Crippen LogP contribution >= 0.6 is 0 Å².